The normalized spacial score (nSPS) is 11.1. The molecule has 4 nitrogen and oxygen atoms in total. The van der Waals surface area contributed by atoms with Gasteiger partial charge in [-0.25, -0.2) is 4.39 Å². The van der Waals surface area contributed by atoms with Crippen molar-refractivity contribution >= 4 is 45.7 Å². The van der Waals surface area contributed by atoms with E-state index in [-0.39, 0.29) is 18.3 Å². The maximum absolute atomic E-state index is 13.9. The first-order valence-electron chi connectivity index (χ1n) is 7.89. The molecule has 26 heavy (non-hydrogen) atoms. The fourth-order valence-corrected chi connectivity index (χ4v) is 2.99. The van der Waals surface area contributed by atoms with E-state index in [1.54, 1.807) is 42.6 Å². The highest BCUT2D eigenvalue weighted by molar-refractivity contribution is 6.42. The highest BCUT2D eigenvalue weighted by Crippen LogP contribution is 2.25. The second-order valence-corrected chi connectivity index (χ2v) is 6.77. The molecule has 1 amide bonds. The smallest absolute Gasteiger partial charge is 0.238 e. The molecule has 0 aliphatic carbocycles. The molecule has 0 saturated carbocycles. The zero-order valence-corrected chi connectivity index (χ0v) is 15.5. The average molecular weight is 392 g/mol. The van der Waals surface area contributed by atoms with Crippen LogP contribution in [0.5, 0.6) is 0 Å². The summed E-state index contributed by atoms with van der Waals surface area (Å²) in [4.78, 5) is 18.3. The molecule has 0 bridgehead atoms. The van der Waals surface area contributed by atoms with Crippen molar-refractivity contribution in [2.24, 2.45) is 0 Å². The predicted molar refractivity (Wildman–Crippen MR) is 103 cm³/mol. The Morgan fingerprint density at radius 3 is 2.77 bits per heavy atom. The van der Waals surface area contributed by atoms with Crippen molar-refractivity contribution in [1.29, 1.82) is 0 Å². The molecule has 3 aromatic rings. The minimum Gasteiger partial charge on any atom is -0.325 e. The van der Waals surface area contributed by atoms with Crippen molar-refractivity contribution in [3.8, 4) is 0 Å². The van der Waals surface area contributed by atoms with E-state index >= 15 is 0 Å². The fourth-order valence-electron chi connectivity index (χ4n) is 2.69. The average Bonchev–Trinajstić information content (AvgIpc) is 2.61. The highest BCUT2D eigenvalue weighted by Gasteiger charge is 2.12. The van der Waals surface area contributed by atoms with Crippen LogP contribution in [0.3, 0.4) is 0 Å². The van der Waals surface area contributed by atoms with E-state index in [0.29, 0.717) is 33.2 Å². The van der Waals surface area contributed by atoms with E-state index in [1.807, 2.05) is 11.9 Å². The Labute approximate surface area is 160 Å². The molecule has 1 heterocycles. The van der Waals surface area contributed by atoms with Crippen molar-refractivity contribution < 1.29 is 9.18 Å². The van der Waals surface area contributed by atoms with Crippen LogP contribution in [-0.4, -0.2) is 29.4 Å². The second kappa shape index (κ2) is 7.99. The first kappa shape index (κ1) is 18.6. The van der Waals surface area contributed by atoms with Crippen molar-refractivity contribution in [1.82, 2.24) is 9.88 Å². The van der Waals surface area contributed by atoms with Crippen molar-refractivity contribution in [3.63, 3.8) is 0 Å². The van der Waals surface area contributed by atoms with Gasteiger partial charge in [-0.1, -0.05) is 29.3 Å². The maximum atomic E-state index is 13.9. The first-order valence-corrected chi connectivity index (χ1v) is 8.65. The monoisotopic (exact) mass is 391 g/mol. The van der Waals surface area contributed by atoms with Gasteiger partial charge in [0.05, 0.1) is 22.1 Å². The molecule has 0 fully saturated rings. The van der Waals surface area contributed by atoms with E-state index in [4.69, 9.17) is 23.2 Å². The van der Waals surface area contributed by atoms with E-state index in [0.717, 1.165) is 5.56 Å². The number of carbonyl (C=O) groups excluding carboxylic acids is 1. The predicted octanol–water partition coefficient (Wildman–Crippen LogP) is 4.75. The van der Waals surface area contributed by atoms with Crippen molar-refractivity contribution in [2.75, 3.05) is 18.9 Å². The molecule has 7 heteroatoms. The topological polar surface area (TPSA) is 45.2 Å². The number of hydrogen-bond donors (Lipinski definition) is 1. The lowest BCUT2D eigenvalue weighted by Crippen LogP contribution is -2.30. The molecule has 0 atom stereocenters. The number of aromatic nitrogens is 1. The Balaban J connectivity index is 1.67. The summed E-state index contributed by atoms with van der Waals surface area (Å²) in [5.41, 5.74) is 2.03. The summed E-state index contributed by atoms with van der Waals surface area (Å²) >= 11 is 11.8. The van der Waals surface area contributed by atoms with Gasteiger partial charge >= 0.3 is 0 Å². The molecule has 3 rings (SSSR count). The van der Waals surface area contributed by atoms with Gasteiger partial charge < -0.3 is 5.32 Å². The van der Waals surface area contributed by atoms with Gasteiger partial charge in [-0.2, -0.15) is 0 Å². The molecule has 0 unspecified atom stereocenters. The Morgan fingerprint density at radius 2 is 2.00 bits per heavy atom. The van der Waals surface area contributed by atoms with Gasteiger partial charge in [0.2, 0.25) is 5.91 Å². The lowest BCUT2D eigenvalue weighted by molar-refractivity contribution is -0.117. The summed E-state index contributed by atoms with van der Waals surface area (Å²) < 4.78 is 13.9. The summed E-state index contributed by atoms with van der Waals surface area (Å²) in [5.74, 6) is -0.498. The van der Waals surface area contributed by atoms with Gasteiger partial charge in [0.1, 0.15) is 5.82 Å². The molecule has 1 aromatic heterocycles. The zero-order valence-electron chi connectivity index (χ0n) is 14.0. The molecule has 2 aromatic carbocycles. The Kier molecular flexibility index (Phi) is 5.71. The maximum Gasteiger partial charge on any atom is 0.238 e. The van der Waals surface area contributed by atoms with Crippen LogP contribution in [0.4, 0.5) is 10.1 Å². The van der Waals surface area contributed by atoms with Crippen molar-refractivity contribution in [3.05, 3.63) is 70.1 Å². The van der Waals surface area contributed by atoms with E-state index < -0.39 is 0 Å². The number of pyridine rings is 1. The van der Waals surface area contributed by atoms with Crippen LogP contribution in [0.2, 0.25) is 10.0 Å². The largest absolute Gasteiger partial charge is 0.325 e. The van der Waals surface area contributed by atoms with Gasteiger partial charge in [-0.05, 0) is 49.0 Å². The Bertz CT molecular complexity index is 965. The molecular formula is C19H16Cl2FN3O. The first-order chi connectivity index (χ1) is 12.4. The quantitative estimate of drug-likeness (QED) is 0.682. The number of hydrogen-bond acceptors (Lipinski definition) is 3. The summed E-state index contributed by atoms with van der Waals surface area (Å²) in [6.07, 6.45) is 1.63. The van der Waals surface area contributed by atoms with Gasteiger partial charge in [0, 0.05) is 23.8 Å². The number of nitrogens with zero attached hydrogens (tertiary/aromatic N) is 2. The number of rotatable bonds is 5. The summed E-state index contributed by atoms with van der Waals surface area (Å²) in [5, 5.41) is 4.05. The number of likely N-dealkylation sites (N-methyl/N-ethyl adjacent to an activating group) is 1. The standard InChI is InChI=1S/C19H16Cl2FN3O/c1-25(11-18(26)24-13-5-6-15(20)16(21)9-13)10-12-4-7-17(22)14-3-2-8-23-19(12)14/h2-9H,10-11H2,1H3,(H,24,26). The van der Waals surface area contributed by atoms with Gasteiger partial charge in [-0.15, -0.1) is 0 Å². The van der Waals surface area contributed by atoms with Crippen LogP contribution >= 0.6 is 23.2 Å². The Hall–Kier alpha value is -2.21. The minimum absolute atomic E-state index is 0.159. The summed E-state index contributed by atoms with van der Waals surface area (Å²) in [6.45, 7) is 0.620. The number of benzene rings is 2. The SMILES string of the molecule is CN(CC(=O)Nc1ccc(Cl)c(Cl)c1)Cc1ccc(F)c2cccnc12. The molecule has 0 aliphatic rings. The molecule has 0 saturated heterocycles. The number of amides is 1. The van der Waals surface area contributed by atoms with Crippen LogP contribution in [0.25, 0.3) is 10.9 Å². The van der Waals surface area contributed by atoms with Crippen LogP contribution < -0.4 is 5.32 Å². The number of carbonyl (C=O) groups is 1. The van der Waals surface area contributed by atoms with Gasteiger partial charge in [0.15, 0.2) is 0 Å². The summed E-state index contributed by atoms with van der Waals surface area (Å²) in [6, 6.07) is 11.4. The highest BCUT2D eigenvalue weighted by atomic mass is 35.5. The van der Waals surface area contributed by atoms with Crippen LogP contribution in [0.1, 0.15) is 5.56 Å². The lowest BCUT2D eigenvalue weighted by atomic mass is 10.1. The van der Waals surface area contributed by atoms with E-state index in [1.165, 1.54) is 6.07 Å². The summed E-state index contributed by atoms with van der Waals surface area (Å²) in [7, 11) is 1.81. The lowest BCUT2D eigenvalue weighted by Gasteiger charge is -2.17. The molecule has 1 N–H and O–H groups in total. The molecule has 0 radical (unpaired) electrons. The minimum atomic E-state index is -0.308. The van der Waals surface area contributed by atoms with Gasteiger partial charge in [-0.3, -0.25) is 14.7 Å². The number of anilines is 1. The van der Waals surface area contributed by atoms with E-state index in [9.17, 15) is 9.18 Å². The van der Waals surface area contributed by atoms with Crippen LogP contribution in [-0.2, 0) is 11.3 Å². The third-order valence-electron chi connectivity index (χ3n) is 3.86. The third kappa shape index (κ3) is 4.30. The van der Waals surface area contributed by atoms with Crippen molar-refractivity contribution in [2.45, 2.75) is 6.54 Å². The fraction of sp³-hybridized carbons (Fsp3) is 0.158. The molecule has 0 spiro atoms. The molecule has 134 valence electrons. The van der Waals surface area contributed by atoms with E-state index in [2.05, 4.69) is 10.3 Å². The molecular weight excluding hydrogens is 376 g/mol. The number of halogens is 3. The van der Waals surface area contributed by atoms with Crippen LogP contribution in [0, 0.1) is 5.82 Å². The van der Waals surface area contributed by atoms with Gasteiger partial charge in [0.25, 0.3) is 0 Å². The second-order valence-electron chi connectivity index (χ2n) is 5.96. The van der Waals surface area contributed by atoms with Crippen LogP contribution in [0.15, 0.2) is 48.7 Å². The Morgan fingerprint density at radius 1 is 1.19 bits per heavy atom. The third-order valence-corrected chi connectivity index (χ3v) is 4.60. The zero-order chi connectivity index (χ0) is 18.7. The number of fused-ring (bicyclic) bond motifs is 1. The molecule has 0 aliphatic heterocycles. The number of nitrogens with one attached hydrogen (secondary N) is 1.